The van der Waals surface area contributed by atoms with Crippen LogP contribution in [0, 0.1) is 0 Å². The zero-order valence-corrected chi connectivity index (χ0v) is 11.4. The summed E-state index contributed by atoms with van der Waals surface area (Å²) in [5.74, 6) is -0.916. The molecule has 3 heteroatoms. The van der Waals surface area contributed by atoms with Gasteiger partial charge < -0.3 is 9.90 Å². The van der Waals surface area contributed by atoms with Crippen LogP contribution in [0.3, 0.4) is 0 Å². The van der Waals surface area contributed by atoms with Gasteiger partial charge in [-0.3, -0.25) is 0 Å². The summed E-state index contributed by atoms with van der Waals surface area (Å²) in [6.45, 7) is 2.17. The minimum Gasteiger partial charge on any atom is -0.550 e. The molecule has 0 spiro atoms. The maximum Gasteiger partial charge on any atom is 1.00 e. The molecule has 0 heterocycles. The Balaban J connectivity index is 0. The molecule has 0 bridgehead atoms. The van der Waals surface area contributed by atoms with E-state index < -0.39 is 5.97 Å². The Bertz CT molecular complexity index is 105. The minimum atomic E-state index is -0.916. The summed E-state index contributed by atoms with van der Waals surface area (Å²) in [4.78, 5) is 9.98. The predicted octanol–water partition coefficient (Wildman–Crippen LogP) is -1.51. The second kappa shape index (κ2) is 12.1. The van der Waals surface area contributed by atoms with Crippen LogP contribution in [0.15, 0.2) is 0 Å². The monoisotopic (exact) mass is 196 g/mol. The molecule has 0 aliphatic carbocycles. The van der Waals surface area contributed by atoms with Crippen LogP contribution >= 0.6 is 0 Å². The first kappa shape index (κ1) is 15.6. The Morgan fingerprint density at radius 2 is 1.58 bits per heavy atom. The van der Waals surface area contributed by atoms with Gasteiger partial charge in [-0.05, 0) is 12.8 Å². The zero-order chi connectivity index (χ0) is 8.53. The van der Waals surface area contributed by atoms with Crippen molar-refractivity contribution in [1.29, 1.82) is 0 Å². The number of carbonyl (C=O) groups is 1. The number of unbranched alkanes of at least 4 members (excludes halogenated alkanes) is 5. The van der Waals surface area contributed by atoms with E-state index in [4.69, 9.17) is 0 Å². The Hall–Kier alpha value is 1.11. The van der Waals surface area contributed by atoms with E-state index in [2.05, 4.69) is 6.92 Å². The molecular formula is C9H17KO2. The largest absolute Gasteiger partial charge is 1.00 e. The van der Waals surface area contributed by atoms with Crippen LogP contribution in [0.5, 0.6) is 0 Å². The molecule has 0 N–H and O–H groups in total. The average molecular weight is 196 g/mol. The fraction of sp³-hybridized carbons (Fsp3) is 0.889. The van der Waals surface area contributed by atoms with Crippen molar-refractivity contribution in [2.45, 2.75) is 51.9 Å². The Labute approximate surface area is 118 Å². The molecule has 0 saturated heterocycles. The Morgan fingerprint density at radius 1 is 1.08 bits per heavy atom. The molecule has 0 aliphatic rings. The molecule has 0 amide bonds. The molecule has 0 atom stereocenters. The van der Waals surface area contributed by atoms with Gasteiger partial charge in [-0.2, -0.15) is 0 Å². The van der Waals surface area contributed by atoms with Crippen LogP contribution in [-0.4, -0.2) is 5.97 Å². The van der Waals surface area contributed by atoms with Crippen molar-refractivity contribution in [2.24, 2.45) is 0 Å². The summed E-state index contributed by atoms with van der Waals surface area (Å²) >= 11 is 0. The number of hydrogen-bond acceptors (Lipinski definition) is 2. The maximum absolute atomic E-state index is 9.98. The van der Waals surface area contributed by atoms with Gasteiger partial charge in [-0.15, -0.1) is 0 Å². The number of carbonyl (C=O) groups excluding carboxylic acids is 1. The van der Waals surface area contributed by atoms with E-state index in [-0.39, 0.29) is 57.8 Å². The van der Waals surface area contributed by atoms with Crippen molar-refractivity contribution in [3.63, 3.8) is 0 Å². The van der Waals surface area contributed by atoms with Gasteiger partial charge >= 0.3 is 51.4 Å². The third-order valence-electron chi connectivity index (χ3n) is 1.73. The molecule has 0 aromatic heterocycles. The quantitative estimate of drug-likeness (QED) is 0.367. The molecule has 12 heavy (non-hydrogen) atoms. The van der Waals surface area contributed by atoms with Crippen LogP contribution in [0.1, 0.15) is 51.9 Å². The molecule has 0 unspecified atom stereocenters. The van der Waals surface area contributed by atoms with E-state index in [1.807, 2.05) is 0 Å². The minimum absolute atomic E-state index is 0. The van der Waals surface area contributed by atoms with Crippen LogP contribution < -0.4 is 56.5 Å². The SMILES string of the molecule is CCCCCCCCC(=O)[O-].[K+]. The molecule has 0 fully saturated rings. The van der Waals surface area contributed by atoms with Gasteiger partial charge in [0.2, 0.25) is 0 Å². The first-order valence-electron chi connectivity index (χ1n) is 4.47. The number of aliphatic carboxylic acids is 1. The first-order chi connectivity index (χ1) is 5.27. The number of hydrogen-bond donors (Lipinski definition) is 0. The summed E-state index contributed by atoms with van der Waals surface area (Å²) in [6, 6.07) is 0. The fourth-order valence-electron chi connectivity index (χ4n) is 1.05. The topological polar surface area (TPSA) is 40.1 Å². The van der Waals surface area contributed by atoms with Gasteiger partial charge in [0, 0.05) is 5.97 Å². The second-order valence-corrected chi connectivity index (χ2v) is 2.89. The van der Waals surface area contributed by atoms with E-state index in [1.54, 1.807) is 0 Å². The van der Waals surface area contributed by atoms with Crippen LogP contribution in [0.4, 0.5) is 0 Å². The van der Waals surface area contributed by atoms with Crippen molar-refractivity contribution >= 4 is 5.97 Å². The van der Waals surface area contributed by atoms with Crippen LogP contribution in [0.25, 0.3) is 0 Å². The van der Waals surface area contributed by atoms with E-state index in [0.29, 0.717) is 0 Å². The van der Waals surface area contributed by atoms with Gasteiger partial charge in [-0.1, -0.05) is 39.0 Å². The van der Waals surface area contributed by atoms with E-state index >= 15 is 0 Å². The van der Waals surface area contributed by atoms with Crippen LogP contribution in [-0.2, 0) is 4.79 Å². The second-order valence-electron chi connectivity index (χ2n) is 2.89. The molecule has 0 rings (SSSR count). The molecule has 0 aliphatic heterocycles. The molecule has 0 radical (unpaired) electrons. The van der Waals surface area contributed by atoms with Gasteiger partial charge in [0.05, 0.1) is 0 Å². The average Bonchev–Trinajstić information content (AvgIpc) is 1.96. The standard InChI is InChI=1S/C9H18O2.K/c1-2-3-4-5-6-7-8-9(10)11;/h2-8H2,1H3,(H,10,11);/q;+1/p-1. The smallest absolute Gasteiger partial charge is 0.550 e. The van der Waals surface area contributed by atoms with E-state index in [9.17, 15) is 9.90 Å². The van der Waals surface area contributed by atoms with E-state index in [1.165, 1.54) is 25.7 Å². The van der Waals surface area contributed by atoms with Crippen molar-refractivity contribution in [2.75, 3.05) is 0 Å². The first-order valence-corrected chi connectivity index (χ1v) is 4.47. The number of rotatable bonds is 7. The van der Waals surface area contributed by atoms with Gasteiger partial charge in [0.15, 0.2) is 0 Å². The summed E-state index contributed by atoms with van der Waals surface area (Å²) in [6.07, 6.45) is 6.96. The molecule has 0 aromatic rings. The molecule has 2 nitrogen and oxygen atoms in total. The summed E-state index contributed by atoms with van der Waals surface area (Å²) in [7, 11) is 0. The van der Waals surface area contributed by atoms with Crippen molar-refractivity contribution in [1.82, 2.24) is 0 Å². The van der Waals surface area contributed by atoms with Crippen molar-refractivity contribution in [3.05, 3.63) is 0 Å². The fourth-order valence-corrected chi connectivity index (χ4v) is 1.05. The number of carboxylic acid groups (broad SMARTS) is 1. The predicted molar refractivity (Wildman–Crippen MR) is 43.0 cm³/mol. The Kier molecular flexibility index (Phi) is 15.7. The summed E-state index contributed by atoms with van der Waals surface area (Å²) < 4.78 is 0. The normalized spacial score (nSPS) is 9.08. The van der Waals surface area contributed by atoms with Gasteiger partial charge in [0.25, 0.3) is 0 Å². The number of carboxylic acids is 1. The van der Waals surface area contributed by atoms with Crippen molar-refractivity contribution in [3.8, 4) is 0 Å². The van der Waals surface area contributed by atoms with E-state index in [0.717, 1.165) is 12.8 Å². The van der Waals surface area contributed by atoms with Crippen molar-refractivity contribution < 1.29 is 61.3 Å². The molecule has 66 valence electrons. The van der Waals surface area contributed by atoms with Gasteiger partial charge in [0.1, 0.15) is 0 Å². The Morgan fingerprint density at radius 3 is 2.08 bits per heavy atom. The maximum atomic E-state index is 9.98. The summed E-state index contributed by atoms with van der Waals surface area (Å²) in [5, 5.41) is 9.98. The van der Waals surface area contributed by atoms with Crippen LogP contribution in [0.2, 0.25) is 0 Å². The zero-order valence-electron chi connectivity index (χ0n) is 8.27. The van der Waals surface area contributed by atoms with Gasteiger partial charge in [-0.25, -0.2) is 0 Å². The molecule has 0 saturated carbocycles. The molecular weight excluding hydrogens is 179 g/mol. The third-order valence-corrected chi connectivity index (χ3v) is 1.73. The summed E-state index contributed by atoms with van der Waals surface area (Å²) in [5.41, 5.74) is 0. The molecule has 0 aromatic carbocycles. The third kappa shape index (κ3) is 13.7.